The first-order valence-electron chi connectivity index (χ1n) is 7.66. The zero-order chi connectivity index (χ0) is 14.0. The van der Waals surface area contributed by atoms with Crippen LogP contribution in [0.1, 0.15) is 67.5 Å². The Morgan fingerprint density at radius 1 is 1.11 bits per heavy atom. The first kappa shape index (κ1) is 15.1. The summed E-state index contributed by atoms with van der Waals surface area (Å²) in [6.07, 6.45) is 6.91. The fraction of sp³-hybridized carbons (Fsp3) is 0.667. The van der Waals surface area contributed by atoms with E-state index >= 15 is 0 Å². The van der Waals surface area contributed by atoms with Crippen molar-refractivity contribution in [2.75, 3.05) is 0 Å². The summed E-state index contributed by atoms with van der Waals surface area (Å²) in [5.74, 6) is 0.782. The molecule has 1 aliphatic rings. The molecule has 1 fully saturated rings. The van der Waals surface area contributed by atoms with Gasteiger partial charge in [-0.3, -0.25) is 0 Å². The quantitative estimate of drug-likeness (QED) is 0.567. The predicted octanol–water partition coefficient (Wildman–Crippen LogP) is 6.35. The fourth-order valence-electron chi connectivity index (χ4n) is 3.73. The van der Waals surface area contributed by atoms with E-state index in [1.807, 2.05) is 0 Å². The van der Waals surface area contributed by atoms with Gasteiger partial charge < -0.3 is 0 Å². The van der Waals surface area contributed by atoms with E-state index in [9.17, 15) is 0 Å². The van der Waals surface area contributed by atoms with Crippen LogP contribution < -0.4 is 0 Å². The predicted molar refractivity (Wildman–Crippen MR) is 87.9 cm³/mol. The minimum atomic E-state index is 0.482. The van der Waals surface area contributed by atoms with Gasteiger partial charge in [0.1, 0.15) is 0 Å². The number of halogens is 1. The molecule has 1 atom stereocenters. The Morgan fingerprint density at radius 3 is 2.26 bits per heavy atom. The van der Waals surface area contributed by atoms with E-state index in [1.54, 1.807) is 0 Å². The van der Waals surface area contributed by atoms with E-state index < -0.39 is 0 Å². The normalized spacial score (nSPS) is 19.9. The van der Waals surface area contributed by atoms with E-state index in [1.165, 1.54) is 48.8 Å². The van der Waals surface area contributed by atoms with Crippen molar-refractivity contribution in [1.29, 1.82) is 0 Å². The third-order valence-electron chi connectivity index (χ3n) is 4.78. The molecular formula is C18H27Br. The highest BCUT2D eigenvalue weighted by Gasteiger charge is 2.41. The molecular weight excluding hydrogens is 296 g/mol. The highest BCUT2D eigenvalue weighted by atomic mass is 79.9. The molecule has 0 aliphatic heterocycles. The molecule has 0 nitrogen and oxygen atoms in total. The van der Waals surface area contributed by atoms with Crippen molar-refractivity contribution in [3.05, 3.63) is 34.9 Å². The van der Waals surface area contributed by atoms with Gasteiger partial charge in [-0.1, -0.05) is 60.8 Å². The number of rotatable bonds is 4. The van der Waals surface area contributed by atoms with Crippen LogP contribution in [0.25, 0.3) is 0 Å². The molecule has 1 aromatic rings. The Labute approximate surface area is 127 Å². The van der Waals surface area contributed by atoms with Gasteiger partial charge in [-0.05, 0) is 61.1 Å². The van der Waals surface area contributed by atoms with E-state index in [0.29, 0.717) is 10.2 Å². The second kappa shape index (κ2) is 5.99. The summed E-state index contributed by atoms with van der Waals surface area (Å²) in [6, 6.07) is 6.98. The molecule has 1 unspecified atom stereocenters. The third-order valence-corrected chi connectivity index (χ3v) is 6.28. The van der Waals surface area contributed by atoms with Crippen LogP contribution in [0.4, 0.5) is 0 Å². The Hall–Kier alpha value is -0.300. The van der Waals surface area contributed by atoms with Crippen LogP contribution in [0.3, 0.4) is 0 Å². The number of hydrogen-bond donors (Lipinski definition) is 0. The number of alkyl halides is 1. The zero-order valence-corrected chi connectivity index (χ0v) is 14.4. The number of hydrogen-bond acceptors (Lipinski definition) is 0. The zero-order valence-electron chi connectivity index (χ0n) is 12.8. The van der Waals surface area contributed by atoms with Crippen LogP contribution >= 0.6 is 15.9 Å². The van der Waals surface area contributed by atoms with Gasteiger partial charge in [0.15, 0.2) is 0 Å². The molecule has 0 heterocycles. The van der Waals surface area contributed by atoms with Crippen molar-refractivity contribution in [3.63, 3.8) is 0 Å². The lowest BCUT2D eigenvalue weighted by molar-refractivity contribution is 0.230. The molecule has 1 aromatic carbocycles. The summed E-state index contributed by atoms with van der Waals surface area (Å²) < 4.78 is 0. The first-order valence-corrected chi connectivity index (χ1v) is 8.57. The van der Waals surface area contributed by atoms with Crippen molar-refractivity contribution >= 4 is 15.9 Å². The van der Waals surface area contributed by atoms with Gasteiger partial charge in [0.2, 0.25) is 0 Å². The van der Waals surface area contributed by atoms with Crippen LogP contribution in [-0.2, 0) is 0 Å². The molecule has 0 bridgehead atoms. The molecule has 0 radical (unpaired) electrons. The van der Waals surface area contributed by atoms with Crippen LogP contribution in [0.2, 0.25) is 0 Å². The summed E-state index contributed by atoms with van der Waals surface area (Å²) in [6.45, 7) is 9.14. The lowest BCUT2D eigenvalue weighted by atomic mass is 9.74. The summed E-state index contributed by atoms with van der Waals surface area (Å²) in [7, 11) is 0. The second-order valence-electron chi connectivity index (χ2n) is 6.87. The highest BCUT2D eigenvalue weighted by molar-refractivity contribution is 9.09. The smallest absolute Gasteiger partial charge is 0.0451 e. The SMILES string of the molecule is Cc1ccc(C(Br)C2(CC(C)C)CCCC2)cc1C. The maximum Gasteiger partial charge on any atom is 0.0451 e. The highest BCUT2D eigenvalue weighted by Crippen LogP contribution is 2.55. The lowest BCUT2D eigenvalue weighted by Gasteiger charge is -2.36. The first-order chi connectivity index (χ1) is 8.94. The van der Waals surface area contributed by atoms with Gasteiger partial charge in [0.25, 0.3) is 0 Å². The summed E-state index contributed by atoms with van der Waals surface area (Å²) >= 11 is 4.06. The van der Waals surface area contributed by atoms with Gasteiger partial charge in [-0.2, -0.15) is 0 Å². The van der Waals surface area contributed by atoms with Gasteiger partial charge in [-0.25, -0.2) is 0 Å². The van der Waals surface area contributed by atoms with Gasteiger partial charge in [-0.15, -0.1) is 0 Å². The Bertz CT molecular complexity index is 427. The van der Waals surface area contributed by atoms with Crippen molar-refractivity contribution in [3.8, 4) is 0 Å². The largest absolute Gasteiger partial charge is 0.0833 e. The van der Waals surface area contributed by atoms with E-state index in [-0.39, 0.29) is 0 Å². The molecule has 0 saturated heterocycles. The standard InChI is InChI=1S/C18H27Br/c1-13(2)12-18(9-5-6-10-18)17(19)16-8-7-14(3)15(4)11-16/h7-8,11,13,17H,5-6,9-10,12H2,1-4H3. The summed E-state index contributed by atoms with van der Waals surface area (Å²) in [4.78, 5) is 0.518. The van der Waals surface area contributed by atoms with E-state index in [0.717, 1.165) is 5.92 Å². The maximum absolute atomic E-state index is 4.06. The molecule has 19 heavy (non-hydrogen) atoms. The Balaban J connectivity index is 2.28. The average molecular weight is 323 g/mol. The number of aryl methyl sites for hydroxylation is 2. The van der Waals surface area contributed by atoms with E-state index in [4.69, 9.17) is 0 Å². The van der Waals surface area contributed by atoms with Crippen molar-refractivity contribution in [2.45, 2.75) is 64.6 Å². The second-order valence-corrected chi connectivity index (χ2v) is 7.79. The van der Waals surface area contributed by atoms with Crippen LogP contribution in [-0.4, -0.2) is 0 Å². The van der Waals surface area contributed by atoms with Gasteiger partial charge >= 0.3 is 0 Å². The summed E-state index contributed by atoms with van der Waals surface area (Å²) in [5, 5.41) is 0. The molecule has 0 N–H and O–H groups in total. The van der Waals surface area contributed by atoms with Crippen LogP contribution in [0, 0.1) is 25.2 Å². The topological polar surface area (TPSA) is 0 Å². The molecule has 106 valence electrons. The minimum Gasteiger partial charge on any atom is -0.0833 e. The molecule has 0 spiro atoms. The average Bonchev–Trinajstić information content (AvgIpc) is 2.80. The van der Waals surface area contributed by atoms with Crippen molar-refractivity contribution in [2.24, 2.45) is 11.3 Å². The van der Waals surface area contributed by atoms with Crippen molar-refractivity contribution in [1.82, 2.24) is 0 Å². The molecule has 2 rings (SSSR count). The lowest BCUT2D eigenvalue weighted by Crippen LogP contribution is -2.24. The maximum atomic E-state index is 4.06. The molecule has 0 aromatic heterocycles. The molecule has 1 saturated carbocycles. The minimum absolute atomic E-state index is 0.482. The van der Waals surface area contributed by atoms with Crippen molar-refractivity contribution < 1.29 is 0 Å². The Kier molecular flexibility index (Phi) is 4.76. The number of benzene rings is 1. The van der Waals surface area contributed by atoms with E-state index in [2.05, 4.69) is 61.8 Å². The molecule has 1 heteroatoms. The fourth-order valence-corrected chi connectivity index (χ4v) is 4.66. The molecule has 0 amide bonds. The Morgan fingerprint density at radius 2 is 1.74 bits per heavy atom. The van der Waals surface area contributed by atoms with Crippen LogP contribution in [0.5, 0.6) is 0 Å². The monoisotopic (exact) mass is 322 g/mol. The van der Waals surface area contributed by atoms with Gasteiger partial charge in [0, 0.05) is 4.83 Å². The molecule has 1 aliphatic carbocycles. The third kappa shape index (κ3) is 3.24. The van der Waals surface area contributed by atoms with Crippen LogP contribution in [0.15, 0.2) is 18.2 Å². The summed E-state index contributed by atoms with van der Waals surface area (Å²) in [5.41, 5.74) is 4.77. The van der Waals surface area contributed by atoms with Gasteiger partial charge in [0.05, 0.1) is 0 Å².